The van der Waals surface area contributed by atoms with Crippen molar-refractivity contribution in [2.45, 2.75) is 31.8 Å². The lowest BCUT2D eigenvalue weighted by Crippen LogP contribution is -2.40. The Morgan fingerprint density at radius 1 is 1.09 bits per heavy atom. The fourth-order valence-corrected chi connectivity index (χ4v) is 4.58. The third kappa shape index (κ3) is 4.88. The van der Waals surface area contributed by atoms with E-state index in [1.807, 2.05) is 24.3 Å². The molecule has 1 aliphatic rings. The Bertz CT molecular complexity index is 1150. The van der Waals surface area contributed by atoms with Crippen molar-refractivity contribution in [3.63, 3.8) is 0 Å². The average molecular weight is 466 g/mol. The van der Waals surface area contributed by atoms with Gasteiger partial charge in [0.2, 0.25) is 0 Å². The zero-order valence-electron chi connectivity index (χ0n) is 17.9. The quantitative estimate of drug-likeness (QED) is 0.466. The Morgan fingerprint density at radius 3 is 2.33 bits per heavy atom. The molecule has 33 heavy (non-hydrogen) atoms. The molecule has 4 rings (SSSR count). The van der Waals surface area contributed by atoms with Gasteiger partial charge in [-0.1, -0.05) is 55.5 Å². The van der Waals surface area contributed by atoms with Gasteiger partial charge in [0.1, 0.15) is 23.4 Å². The number of carbonyl (C=O) groups excluding carboxylic acids is 2. The van der Waals surface area contributed by atoms with Crippen LogP contribution in [0.1, 0.15) is 45.9 Å². The lowest BCUT2D eigenvalue weighted by atomic mass is 9.98. The minimum atomic E-state index is -1.10. The summed E-state index contributed by atoms with van der Waals surface area (Å²) in [5.74, 6) is -1.69. The van der Waals surface area contributed by atoms with Crippen molar-refractivity contribution in [2.75, 3.05) is 6.61 Å². The number of benzene rings is 2. The molecule has 3 aromatic rings. The molecule has 170 valence electrons. The highest BCUT2D eigenvalue weighted by Crippen LogP contribution is 2.44. The van der Waals surface area contributed by atoms with Gasteiger partial charge in [0.15, 0.2) is 0 Å². The van der Waals surface area contributed by atoms with Crippen LogP contribution in [0, 0.1) is 0 Å². The van der Waals surface area contributed by atoms with Crippen LogP contribution in [0.15, 0.2) is 53.9 Å². The maximum Gasteiger partial charge on any atom is 0.407 e. The molecule has 0 radical (unpaired) electrons. The third-order valence-corrected chi connectivity index (χ3v) is 6.37. The topological polar surface area (TPSA) is 118 Å². The number of aliphatic carboxylic acids is 1. The Balaban J connectivity index is 1.31. The Morgan fingerprint density at radius 2 is 1.73 bits per heavy atom. The zero-order chi connectivity index (χ0) is 23.4. The van der Waals surface area contributed by atoms with E-state index in [1.165, 1.54) is 16.7 Å². The smallest absolute Gasteiger partial charge is 0.407 e. The molecule has 1 atom stereocenters. The number of amides is 2. The SMILES string of the molecule is CC[C@H](NC(=O)c1csc(CNC(=O)OCC2c3ccccc3-c3ccccc32)n1)C(=O)O. The van der Waals surface area contributed by atoms with Gasteiger partial charge in [0.25, 0.3) is 5.91 Å². The second-order valence-electron chi connectivity index (χ2n) is 7.58. The lowest BCUT2D eigenvalue weighted by molar-refractivity contribution is -0.139. The largest absolute Gasteiger partial charge is 0.480 e. The molecule has 0 unspecified atom stereocenters. The Kier molecular flexibility index (Phi) is 6.69. The number of hydrogen-bond acceptors (Lipinski definition) is 6. The van der Waals surface area contributed by atoms with E-state index >= 15 is 0 Å². The maximum atomic E-state index is 12.3. The third-order valence-electron chi connectivity index (χ3n) is 5.52. The summed E-state index contributed by atoms with van der Waals surface area (Å²) >= 11 is 1.20. The Labute approximate surface area is 194 Å². The van der Waals surface area contributed by atoms with E-state index in [4.69, 9.17) is 9.84 Å². The Hall–Kier alpha value is -3.72. The monoisotopic (exact) mass is 465 g/mol. The van der Waals surface area contributed by atoms with Crippen LogP contribution in [-0.2, 0) is 16.1 Å². The molecule has 3 N–H and O–H groups in total. The van der Waals surface area contributed by atoms with E-state index in [1.54, 1.807) is 6.92 Å². The molecule has 2 amide bonds. The number of carbonyl (C=O) groups is 3. The van der Waals surface area contributed by atoms with Crippen LogP contribution in [0.3, 0.4) is 0 Å². The standard InChI is InChI=1S/C24H23N3O5S/c1-2-19(23(29)30)27-22(28)20-13-33-21(26-20)11-25-24(31)32-12-18-16-9-5-3-7-14(16)15-8-4-6-10-17(15)18/h3-10,13,18-19H,2,11-12H2,1H3,(H,25,31)(H,27,28)(H,29,30)/t19-/m0/s1. The molecular formula is C24H23N3O5S. The minimum Gasteiger partial charge on any atom is -0.480 e. The molecule has 0 saturated heterocycles. The number of aromatic nitrogens is 1. The predicted octanol–water partition coefficient (Wildman–Crippen LogP) is 3.77. The van der Waals surface area contributed by atoms with Gasteiger partial charge in [-0.25, -0.2) is 14.6 Å². The zero-order valence-corrected chi connectivity index (χ0v) is 18.7. The van der Waals surface area contributed by atoms with Crippen molar-refractivity contribution in [2.24, 2.45) is 0 Å². The number of fused-ring (bicyclic) bond motifs is 3. The number of nitrogens with one attached hydrogen (secondary N) is 2. The fraction of sp³-hybridized carbons (Fsp3) is 0.250. The maximum absolute atomic E-state index is 12.3. The van der Waals surface area contributed by atoms with Crippen molar-refractivity contribution in [1.82, 2.24) is 15.6 Å². The number of thiazole rings is 1. The summed E-state index contributed by atoms with van der Waals surface area (Å²) in [5.41, 5.74) is 4.69. The first-order valence-electron chi connectivity index (χ1n) is 10.5. The molecule has 8 nitrogen and oxygen atoms in total. The normalized spacial score (nSPS) is 13.0. The van der Waals surface area contributed by atoms with Gasteiger partial charge in [0.05, 0.1) is 6.54 Å². The summed E-state index contributed by atoms with van der Waals surface area (Å²) in [6, 6.07) is 15.2. The van der Waals surface area contributed by atoms with Gasteiger partial charge in [0, 0.05) is 11.3 Å². The number of nitrogens with zero attached hydrogens (tertiary/aromatic N) is 1. The fourth-order valence-electron chi connectivity index (χ4n) is 3.86. The molecule has 9 heteroatoms. The van der Waals surface area contributed by atoms with Crippen molar-refractivity contribution in [3.05, 3.63) is 75.7 Å². The van der Waals surface area contributed by atoms with Crippen LogP contribution in [0.25, 0.3) is 11.1 Å². The summed E-state index contributed by atoms with van der Waals surface area (Å²) in [6.45, 7) is 1.98. The number of ether oxygens (including phenoxy) is 1. The van der Waals surface area contributed by atoms with Crippen LogP contribution in [0.4, 0.5) is 4.79 Å². The summed E-state index contributed by atoms with van der Waals surface area (Å²) in [4.78, 5) is 39.7. The van der Waals surface area contributed by atoms with Crippen LogP contribution in [0.2, 0.25) is 0 Å². The van der Waals surface area contributed by atoms with Crippen molar-refractivity contribution in [1.29, 1.82) is 0 Å². The van der Waals surface area contributed by atoms with Crippen molar-refractivity contribution in [3.8, 4) is 11.1 Å². The molecule has 0 fully saturated rings. The van der Waals surface area contributed by atoms with E-state index in [9.17, 15) is 14.4 Å². The number of alkyl carbamates (subject to hydrolysis) is 1. The molecule has 1 aromatic heterocycles. The molecule has 1 heterocycles. The number of carboxylic acid groups (broad SMARTS) is 1. The number of carboxylic acids is 1. The first-order valence-corrected chi connectivity index (χ1v) is 11.4. The lowest BCUT2D eigenvalue weighted by Gasteiger charge is -2.14. The molecule has 1 aliphatic carbocycles. The minimum absolute atomic E-state index is 0.0287. The van der Waals surface area contributed by atoms with Gasteiger partial charge >= 0.3 is 12.1 Å². The van der Waals surface area contributed by atoms with Crippen LogP contribution >= 0.6 is 11.3 Å². The second-order valence-corrected chi connectivity index (χ2v) is 8.52. The highest BCUT2D eigenvalue weighted by atomic mass is 32.1. The van der Waals surface area contributed by atoms with Crippen LogP contribution in [-0.4, -0.2) is 40.7 Å². The van der Waals surface area contributed by atoms with E-state index in [-0.39, 0.29) is 31.2 Å². The van der Waals surface area contributed by atoms with E-state index < -0.39 is 24.0 Å². The molecule has 0 saturated carbocycles. The molecule has 0 aliphatic heterocycles. The van der Waals surface area contributed by atoms with E-state index in [0.29, 0.717) is 5.01 Å². The van der Waals surface area contributed by atoms with Crippen molar-refractivity contribution < 1.29 is 24.2 Å². The van der Waals surface area contributed by atoms with Crippen LogP contribution in [0.5, 0.6) is 0 Å². The van der Waals surface area contributed by atoms with Crippen LogP contribution < -0.4 is 10.6 Å². The summed E-state index contributed by atoms with van der Waals surface area (Å²) < 4.78 is 5.49. The van der Waals surface area contributed by atoms with Gasteiger partial charge in [-0.15, -0.1) is 11.3 Å². The molecule has 0 bridgehead atoms. The van der Waals surface area contributed by atoms with Gasteiger partial charge in [-0.2, -0.15) is 0 Å². The summed E-state index contributed by atoms with van der Waals surface area (Å²) in [7, 11) is 0. The summed E-state index contributed by atoms with van der Waals surface area (Å²) in [5, 5.41) is 16.2. The first-order chi connectivity index (χ1) is 16.0. The average Bonchev–Trinajstić information content (AvgIpc) is 3.42. The summed E-state index contributed by atoms with van der Waals surface area (Å²) in [6.07, 6.45) is -0.309. The first kappa shape index (κ1) is 22.5. The van der Waals surface area contributed by atoms with Gasteiger partial charge in [-0.05, 0) is 28.7 Å². The highest BCUT2D eigenvalue weighted by molar-refractivity contribution is 7.09. The van der Waals surface area contributed by atoms with Crippen molar-refractivity contribution >= 4 is 29.3 Å². The van der Waals surface area contributed by atoms with E-state index in [2.05, 4.69) is 39.9 Å². The predicted molar refractivity (Wildman–Crippen MR) is 123 cm³/mol. The molecule has 2 aromatic carbocycles. The highest BCUT2D eigenvalue weighted by Gasteiger charge is 2.29. The van der Waals surface area contributed by atoms with Gasteiger partial charge in [-0.3, -0.25) is 4.79 Å². The molecule has 0 spiro atoms. The number of hydrogen-bond donors (Lipinski definition) is 3. The van der Waals surface area contributed by atoms with Gasteiger partial charge < -0.3 is 20.5 Å². The number of rotatable bonds is 8. The van der Waals surface area contributed by atoms with E-state index in [0.717, 1.165) is 22.3 Å². The molecular weight excluding hydrogens is 442 g/mol. The second kappa shape index (κ2) is 9.83.